The van der Waals surface area contributed by atoms with Crippen molar-refractivity contribution < 1.29 is 34.1 Å². The number of hydrogen-bond donors (Lipinski definition) is 2. The summed E-state index contributed by atoms with van der Waals surface area (Å²) in [5, 5.41) is 21.1. The van der Waals surface area contributed by atoms with Crippen molar-refractivity contribution in [2.75, 3.05) is 14.2 Å². The number of esters is 1. The molecule has 0 saturated carbocycles. The zero-order chi connectivity index (χ0) is 26.0. The van der Waals surface area contributed by atoms with Crippen molar-refractivity contribution in [2.24, 2.45) is 0 Å². The highest BCUT2D eigenvalue weighted by Gasteiger charge is 2.46. The van der Waals surface area contributed by atoms with E-state index in [1.165, 1.54) is 31.3 Å². The van der Waals surface area contributed by atoms with Gasteiger partial charge in [0.15, 0.2) is 0 Å². The predicted molar refractivity (Wildman–Crippen MR) is 131 cm³/mol. The van der Waals surface area contributed by atoms with Crippen LogP contribution in [0.5, 0.6) is 11.5 Å². The molecule has 1 aliphatic rings. The third kappa shape index (κ3) is 4.53. The summed E-state index contributed by atoms with van der Waals surface area (Å²) in [6, 6.07) is 16.8. The minimum atomic E-state index is -0.896. The van der Waals surface area contributed by atoms with Crippen LogP contribution in [0.2, 0.25) is 0 Å². The fraction of sp³-hybridized carbons (Fsp3) is 0.179. The summed E-state index contributed by atoms with van der Waals surface area (Å²) >= 11 is 0. The van der Waals surface area contributed by atoms with Gasteiger partial charge in [0.05, 0.1) is 31.4 Å². The van der Waals surface area contributed by atoms with Crippen molar-refractivity contribution in [3.05, 3.63) is 100 Å². The molecule has 1 saturated heterocycles. The van der Waals surface area contributed by atoms with Crippen molar-refractivity contribution in [1.82, 2.24) is 4.90 Å². The number of aryl methyl sites for hydroxylation is 1. The molecular formula is C28H25NO7. The highest BCUT2D eigenvalue weighted by atomic mass is 16.5. The highest BCUT2D eigenvalue weighted by molar-refractivity contribution is 6.46. The number of methoxy groups -OCH3 is 2. The van der Waals surface area contributed by atoms with Crippen LogP contribution >= 0.6 is 0 Å². The van der Waals surface area contributed by atoms with Gasteiger partial charge in [0.2, 0.25) is 0 Å². The van der Waals surface area contributed by atoms with E-state index in [-0.39, 0.29) is 23.6 Å². The Labute approximate surface area is 208 Å². The molecule has 1 heterocycles. The van der Waals surface area contributed by atoms with Crippen LogP contribution in [-0.2, 0) is 20.9 Å². The lowest BCUT2D eigenvalue weighted by Crippen LogP contribution is -2.29. The number of ketones is 1. The van der Waals surface area contributed by atoms with Crippen LogP contribution in [0.1, 0.15) is 38.7 Å². The van der Waals surface area contributed by atoms with Gasteiger partial charge >= 0.3 is 5.97 Å². The van der Waals surface area contributed by atoms with Gasteiger partial charge in [-0.25, -0.2) is 4.79 Å². The molecule has 8 heteroatoms. The Morgan fingerprint density at radius 2 is 1.64 bits per heavy atom. The number of hydrogen-bond acceptors (Lipinski definition) is 7. The molecule has 1 aliphatic heterocycles. The molecule has 0 aliphatic carbocycles. The number of carbonyl (C=O) groups is 3. The Balaban J connectivity index is 1.81. The summed E-state index contributed by atoms with van der Waals surface area (Å²) in [5.41, 5.74) is 2.60. The quantitative estimate of drug-likeness (QED) is 0.233. The average molecular weight is 488 g/mol. The lowest BCUT2D eigenvalue weighted by Gasteiger charge is -2.25. The molecule has 3 aromatic rings. The second kappa shape index (κ2) is 9.95. The Morgan fingerprint density at radius 1 is 0.972 bits per heavy atom. The molecule has 1 atom stereocenters. The number of amides is 1. The first kappa shape index (κ1) is 24.5. The second-order valence-electron chi connectivity index (χ2n) is 8.39. The maximum atomic E-state index is 13.2. The normalized spacial score (nSPS) is 16.8. The monoisotopic (exact) mass is 487 g/mol. The summed E-state index contributed by atoms with van der Waals surface area (Å²) in [6.07, 6.45) is 0. The number of rotatable bonds is 6. The molecule has 0 bridgehead atoms. The van der Waals surface area contributed by atoms with E-state index in [1.54, 1.807) is 61.5 Å². The fourth-order valence-corrected chi connectivity index (χ4v) is 4.28. The average Bonchev–Trinajstić information content (AvgIpc) is 3.13. The maximum absolute atomic E-state index is 13.2. The molecule has 3 aromatic carbocycles. The molecule has 0 aromatic heterocycles. The van der Waals surface area contributed by atoms with Gasteiger partial charge in [-0.1, -0.05) is 24.3 Å². The number of nitrogens with zero attached hydrogens (tertiary/aromatic N) is 1. The minimum Gasteiger partial charge on any atom is -0.508 e. The predicted octanol–water partition coefficient (Wildman–Crippen LogP) is 4.12. The molecular weight excluding hydrogens is 462 g/mol. The van der Waals surface area contributed by atoms with Gasteiger partial charge in [0.1, 0.15) is 17.3 Å². The molecule has 1 unspecified atom stereocenters. The van der Waals surface area contributed by atoms with Crippen molar-refractivity contribution >= 4 is 23.4 Å². The Morgan fingerprint density at radius 3 is 2.22 bits per heavy atom. The van der Waals surface area contributed by atoms with Crippen LogP contribution in [0, 0.1) is 6.92 Å². The van der Waals surface area contributed by atoms with Gasteiger partial charge in [0, 0.05) is 12.1 Å². The molecule has 4 rings (SSSR count). The second-order valence-corrected chi connectivity index (χ2v) is 8.39. The van der Waals surface area contributed by atoms with E-state index in [0.717, 1.165) is 0 Å². The molecule has 1 fully saturated rings. The van der Waals surface area contributed by atoms with Gasteiger partial charge in [-0.15, -0.1) is 0 Å². The van der Waals surface area contributed by atoms with Gasteiger partial charge in [-0.2, -0.15) is 0 Å². The summed E-state index contributed by atoms with van der Waals surface area (Å²) in [4.78, 5) is 39.6. The Bertz CT molecular complexity index is 1360. The number of carbonyl (C=O) groups excluding carboxylic acids is 3. The van der Waals surface area contributed by atoms with Crippen molar-refractivity contribution in [2.45, 2.75) is 19.5 Å². The smallest absolute Gasteiger partial charge is 0.337 e. The Kier molecular flexibility index (Phi) is 6.78. The van der Waals surface area contributed by atoms with Gasteiger partial charge in [-0.3, -0.25) is 9.59 Å². The van der Waals surface area contributed by atoms with Crippen LogP contribution in [0.15, 0.2) is 72.3 Å². The molecule has 0 spiro atoms. The van der Waals surface area contributed by atoms with Crippen LogP contribution in [0.3, 0.4) is 0 Å². The lowest BCUT2D eigenvalue weighted by atomic mass is 9.93. The van der Waals surface area contributed by atoms with Crippen LogP contribution < -0.4 is 4.74 Å². The molecule has 184 valence electrons. The highest BCUT2D eigenvalue weighted by Crippen LogP contribution is 2.41. The standard InChI is InChI=1S/C28H25NO7/c1-16-14-21(35-2)12-13-22(16)25(31)23-24(18-8-10-20(30)11-9-18)29(27(33)26(23)32)15-17-4-6-19(7-5-17)28(34)36-3/h4-14,24,30-31H,15H2,1-3H3/b25-23-. The van der Waals surface area contributed by atoms with Gasteiger partial charge < -0.3 is 24.6 Å². The number of Topliss-reactive ketones (excluding diaryl/α,β-unsaturated/α-hetero) is 1. The summed E-state index contributed by atoms with van der Waals surface area (Å²) in [7, 11) is 2.82. The number of aromatic hydroxyl groups is 1. The maximum Gasteiger partial charge on any atom is 0.337 e. The first-order chi connectivity index (χ1) is 17.2. The number of aliphatic hydroxyl groups excluding tert-OH is 1. The first-order valence-corrected chi connectivity index (χ1v) is 11.1. The number of ether oxygens (including phenoxy) is 2. The van der Waals surface area contributed by atoms with E-state index in [9.17, 15) is 24.6 Å². The Hall–Kier alpha value is -4.59. The summed E-state index contributed by atoms with van der Waals surface area (Å²) in [5.74, 6) is -1.74. The van der Waals surface area contributed by atoms with E-state index >= 15 is 0 Å². The molecule has 2 N–H and O–H groups in total. The van der Waals surface area contributed by atoms with Crippen LogP contribution in [0.25, 0.3) is 5.76 Å². The van der Waals surface area contributed by atoms with E-state index in [0.29, 0.717) is 33.6 Å². The number of phenols is 1. The number of benzene rings is 3. The largest absolute Gasteiger partial charge is 0.508 e. The van der Waals surface area contributed by atoms with Crippen molar-refractivity contribution in [3.63, 3.8) is 0 Å². The first-order valence-electron chi connectivity index (χ1n) is 11.1. The topological polar surface area (TPSA) is 113 Å². The third-order valence-electron chi connectivity index (χ3n) is 6.17. The van der Waals surface area contributed by atoms with Gasteiger partial charge in [-0.05, 0) is 66.1 Å². The molecule has 0 radical (unpaired) electrons. The molecule has 8 nitrogen and oxygen atoms in total. The van der Waals surface area contributed by atoms with Crippen molar-refractivity contribution in [1.29, 1.82) is 0 Å². The zero-order valence-electron chi connectivity index (χ0n) is 20.0. The lowest BCUT2D eigenvalue weighted by molar-refractivity contribution is -0.140. The third-order valence-corrected chi connectivity index (χ3v) is 6.17. The summed E-state index contributed by atoms with van der Waals surface area (Å²) < 4.78 is 9.95. The minimum absolute atomic E-state index is 0.0279. The van der Waals surface area contributed by atoms with E-state index in [1.807, 2.05) is 0 Å². The number of phenolic OH excluding ortho intramolecular Hbond substituents is 1. The van der Waals surface area contributed by atoms with Crippen LogP contribution in [-0.4, -0.2) is 47.0 Å². The van der Waals surface area contributed by atoms with E-state index < -0.39 is 23.7 Å². The molecule has 1 amide bonds. The summed E-state index contributed by atoms with van der Waals surface area (Å²) in [6.45, 7) is 1.82. The van der Waals surface area contributed by atoms with E-state index in [2.05, 4.69) is 0 Å². The SMILES string of the molecule is COC(=O)c1ccc(CN2C(=O)C(=O)/C(=C(\O)c3ccc(OC)cc3C)C2c2ccc(O)cc2)cc1. The van der Waals surface area contributed by atoms with E-state index in [4.69, 9.17) is 9.47 Å². The number of likely N-dealkylation sites (tertiary alicyclic amines) is 1. The molecule has 36 heavy (non-hydrogen) atoms. The van der Waals surface area contributed by atoms with Crippen molar-refractivity contribution in [3.8, 4) is 11.5 Å². The fourth-order valence-electron chi connectivity index (χ4n) is 4.28. The van der Waals surface area contributed by atoms with Gasteiger partial charge in [0.25, 0.3) is 11.7 Å². The van der Waals surface area contributed by atoms with Crippen LogP contribution in [0.4, 0.5) is 0 Å². The zero-order valence-corrected chi connectivity index (χ0v) is 20.0. The number of aliphatic hydroxyl groups is 1.